The summed E-state index contributed by atoms with van der Waals surface area (Å²) >= 11 is 0. The fourth-order valence-corrected chi connectivity index (χ4v) is 3.24. The van der Waals surface area contributed by atoms with Crippen LogP contribution in [0.2, 0.25) is 0 Å². The molecule has 0 saturated carbocycles. The fourth-order valence-electron chi connectivity index (χ4n) is 3.24. The van der Waals surface area contributed by atoms with Gasteiger partial charge in [-0.3, -0.25) is 4.98 Å². The van der Waals surface area contributed by atoms with Gasteiger partial charge in [-0.25, -0.2) is 13.2 Å². The van der Waals surface area contributed by atoms with Crippen molar-refractivity contribution in [2.45, 2.75) is 26.2 Å². The van der Waals surface area contributed by atoms with Crippen LogP contribution in [0.4, 0.5) is 13.2 Å². The van der Waals surface area contributed by atoms with E-state index in [1.54, 1.807) is 36.5 Å². The molecule has 2 aromatic rings. The van der Waals surface area contributed by atoms with E-state index < -0.39 is 13.1 Å². The Morgan fingerprint density at radius 1 is 1.12 bits per heavy atom. The molecule has 0 fully saturated rings. The Bertz CT molecular complexity index is 878. The normalized spacial score (nSPS) is 16.4. The van der Waals surface area contributed by atoms with Crippen molar-refractivity contribution in [2.24, 2.45) is 0 Å². The molecular formula is C22H20F3N. The van der Waals surface area contributed by atoms with Gasteiger partial charge < -0.3 is 0 Å². The largest absolute Gasteiger partial charge is 0.264 e. The van der Waals surface area contributed by atoms with Gasteiger partial charge in [0, 0.05) is 23.0 Å². The summed E-state index contributed by atoms with van der Waals surface area (Å²) in [6.07, 6.45) is 5.71. The number of allylic oxidation sites excluding steroid dienone is 5. The Kier molecular flexibility index (Phi) is 5.71. The van der Waals surface area contributed by atoms with E-state index >= 15 is 0 Å². The van der Waals surface area contributed by atoms with Crippen molar-refractivity contribution in [3.05, 3.63) is 88.3 Å². The highest BCUT2D eigenvalue weighted by Gasteiger charge is 2.19. The third-order valence-electron chi connectivity index (χ3n) is 4.57. The van der Waals surface area contributed by atoms with Gasteiger partial charge in [0.1, 0.15) is 6.67 Å². The van der Waals surface area contributed by atoms with Gasteiger partial charge in [-0.05, 0) is 48.6 Å². The van der Waals surface area contributed by atoms with Gasteiger partial charge in [0.05, 0.1) is 0 Å². The van der Waals surface area contributed by atoms with Crippen LogP contribution in [0.25, 0.3) is 11.6 Å². The summed E-state index contributed by atoms with van der Waals surface area (Å²) in [6, 6.07) is 10.3. The summed E-state index contributed by atoms with van der Waals surface area (Å²) in [5.41, 5.74) is 5.06. The van der Waals surface area contributed by atoms with Crippen LogP contribution < -0.4 is 0 Å². The molecule has 0 unspecified atom stereocenters. The van der Waals surface area contributed by atoms with Gasteiger partial charge in [-0.2, -0.15) is 0 Å². The van der Waals surface area contributed by atoms with Crippen LogP contribution >= 0.6 is 0 Å². The first kappa shape index (κ1) is 18.2. The summed E-state index contributed by atoms with van der Waals surface area (Å²) < 4.78 is 39.6. The minimum Gasteiger partial charge on any atom is -0.261 e. The van der Waals surface area contributed by atoms with Gasteiger partial charge in [-0.15, -0.1) is 0 Å². The zero-order valence-electron chi connectivity index (χ0n) is 14.6. The lowest BCUT2D eigenvalue weighted by atomic mass is 9.92. The molecule has 0 amide bonds. The Labute approximate surface area is 151 Å². The summed E-state index contributed by atoms with van der Waals surface area (Å²) in [6.45, 7) is 1.42. The van der Waals surface area contributed by atoms with Crippen molar-refractivity contribution in [3.8, 4) is 0 Å². The highest BCUT2D eigenvalue weighted by molar-refractivity contribution is 5.95. The van der Waals surface area contributed by atoms with Crippen LogP contribution in [0.15, 0.2) is 65.9 Å². The average Bonchev–Trinajstić information content (AvgIpc) is 2.78. The van der Waals surface area contributed by atoms with E-state index in [1.165, 1.54) is 12.1 Å². The number of benzene rings is 1. The zero-order valence-corrected chi connectivity index (χ0v) is 14.6. The number of aryl methyl sites for hydroxylation is 1. The first-order chi connectivity index (χ1) is 12.6. The van der Waals surface area contributed by atoms with Crippen LogP contribution in [0, 0.1) is 0 Å². The number of hydrogen-bond donors (Lipinski definition) is 0. The third-order valence-corrected chi connectivity index (χ3v) is 4.57. The molecule has 0 N–H and O–H groups in total. The number of fused-ring (bicyclic) bond motifs is 1. The van der Waals surface area contributed by atoms with Gasteiger partial charge in [0.15, 0.2) is 0 Å². The van der Waals surface area contributed by atoms with Crippen molar-refractivity contribution in [3.63, 3.8) is 0 Å². The van der Waals surface area contributed by atoms with E-state index in [1.807, 2.05) is 19.1 Å². The molecule has 0 saturated heterocycles. The van der Waals surface area contributed by atoms with E-state index in [2.05, 4.69) is 4.98 Å². The monoisotopic (exact) mass is 355 g/mol. The van der Waals surface area contributed by atoms with Crippen molar-refractivity contribution in [1.82, 2.24) is 4.98 Å². The van der Waals surface area contributed by atoms with Crippen molar-refractivity contribution in [2.75, 3.05) is 6.67 Å². The molecule has 0 spiro atoms. The Morgan fingerprint density at radius 3 is 2.69 bits per heavy atom. The number of pyridine rings is 1. The molecule has 4 heteroatoms. The second kappa shape index (κ2) is 8.17. The van der Waals surface area contributed by atoms with Crippen molar-refractivity contribution >= 4 is 11.6 Å². The Hall–Kier alpha value is -2.62. The lowest BCUT2D eigenvalue weighted by molar-refractivity contribution is 0.151. The topological polar surface area (TPSA) is 12.9 Å². The summed E-state index contributed by atoms with van der Waals surface area (Å²) in [5.74, 6) is 0. The molecule has 3 rings (SSSR count). The molecular weight excluding hydrogens is 335 g/mol. The number of hydrogen-bond acceptors (Lipinski definition) is 1. The molecule has 1 heterocycles. The standard InChI is InChI=1S/C22H20F3N/c1-15-10-11-21-19(9-5-13-26-21)20(17(15)8-4-12-23)14-16-6-2-3-7-18(16)22(24)25/h2-9,13-14,22H,10-12H2,1H3/b8-4-,20-14+. The highest BCUT2D eigenvalue weighted by atomic mass is 19.3. The van der Waals surface area contributed by atoms with Crippen molar-refractivity contribution in [1.29, 1.82) is 0 Å². The number of halogens is 3. The second-order valence-electron chi connectivity index (χ2n) is 6.24. The van der Waals surface area contributed by atoms with E-state index in [0.717, 1.165) is 40.8 Å². The molecule has 0 atom stereocenters. The van der Waals surface area contributed by atoms with Crippen LogP contribution in [-0.2, 0) is 6.42 Å². The first-order valence-electron chi connectivity index (χ1n) is 8.57. The van der Waals surface area contributed by atoms with Gasteiger partial charge in [0.2, 0.25) is 0 Å². The lowest BCUT2D eigenvalue weighted by Crippen LogP contribution is -1.96. The van der Waals surface area contributed by atoms with E-state index in [9.17, 15) is 13.2 Å². The minimum absolute atomic E-state index is 0.0128. The molecule has 134 valence electrons. The maximum absolute atomic E-state index is 13.4. The molecule has 1 aromatic carbocycles. The van der Waals surface area contributed by atoms with Gasteiger partial charge in [0.25, 0.3) is 6.43 Å². The number of aromatic nitrogens is 1. The third kappa shape index (κ3) is 3.79. The van der Waals surface area contributed by atoms with Crippen molar-refractivity contribution < 1.29 is 13.2 Å². The Morgan fingerprint density at radius 2 is 1.92 bits per heavy atom. The number of rotatable bonds is 4. The summed E-state index contributed by atoms with van der Waals surface area (Å²) in [7, 11) is 0. The lowest BCUT2D eigenvalue weighted by Gasteiger charge is -2.13. The predicted octanol–water partition coefficient (Wildman–Crippen LogP) is 6.35. The van der Waals surface area contributed by atoms with Crippen LogP contribution in [0.1, 0.15) is 42.2 Å². The smallest absolute Gasteiger partial charge is 0.261 e. The van der Waals surface area contributed by atoms with Gasteiger partial charge in [-0.1, -0.05) is 48.1 Å². The summed E-state index contributed by atoms with van der Waals surface area (Å²) in [4.78, 5) is 4.46. The highest BCUT2D eigenvalue weighted by Crippen LogP contribution is 2.36. The van der Waals surface area contributed by atoms with E-state index in [0.29, 0.717) is 5.56 Å². The zero-order chi connectivity index (χ0) is 18.5. The minimum atomic E-state index is -2.56. The van der Waals surface area contributed by atoms with E-state index in [4.69, 9.17) is 0 Å². The molecule has 26 heavy (non-hydrogen) atoms. The van der Waals surface area contributed by atoms with E-state index in [-0.39, 0.29) is 5.56 Å². The maximum atomic E-state index is 13.4. The SMILES string of the molecule is CC1=C(/C=C\CF)/C(=C\c2ccccc2C(F)F)c2cccnc2CC1. The predicted molar refractivity (Wildman–Crippen MR) is 99.6 cm³/mol. The summed E-state index contributed by atoms with van der Waals surface area (Å²) in [5, 5.41) is 0. The average molecular weight is 355 g/mol. The maximum Gasteiger partial charge on any atom is 0.264 e. The molecule has 0 bridgehead atoms. The second-order valence-corrected chi connectivity index (χ2v) is 6.24. The molecule has 1 aliphatic rings. The number of alkyl halides is 3. The quantitative estimate of drug-likeness (QED) is 0.623. The molecule has 1 aromatic heterocycles. The number of nitrogens with zero attached hydrogens (tertiary/aromatic N) is 1. The molecule has 0 radical (unpaired) electrons. The first-order valence-corrected chi connectivity index (χ1v) is 8.57. The van der Waals surface area contributed by atoms with Crippen LogP contribution in [0.5, 0.6) is 0 Å². The molecule has 0 aliphatic heterocycles. The molecule has 1 nitrogen and oxygen atoms in total. The molecule has 1 aliphatic carbocycles. The van der Waals surface area contributed by atoms with Gasteiger partial charge >= 0.3 is 0 Å². The fraction of sp³-hybridized carbons (Fsp3) is 0.227. The Balaban J connectivity index is 2.25. The van der Waals surface area contributed by atoms with Crippen LogP contribution in [-0.4, -0.2) is 11.7 Å². The van der Waals surface area contributed by atoms with Crippen LogP contribution in [0.3, 0.4) is 0 Å².